The number of phenols is 2. The lowest BCUT2D eigenvalue weighted by Gasteiger charge is -2.01. The first kappa shape index (κ1) is 9.33. The molecule has 0 saturated carbocycles. The third-order valence-corrected chi connectivity index (χ3v) is 2.02. The summed E-state index contributed by atoms with van der Waals surface area (Å²) in [7, 11) is 0. The SMILES string of the molecule is O=c1occcc1-c1ccc(O)c(O)c1. The molecule has 0 saturated heterocycles. The van der Waals surface area contributed by atoms with Gasteiger partial charge in [-0.25, -0.2) is 4.79 Å². The summed E-state index contributed by atoms with van der Waals surface area (Å²) in [4.78, 5) is 11.3. The van der Waals surface area contributed by atoms with Gasteiger partial charge in [-0.05, 0) is 29.8 Å². The number of phenolic OH excluding ortho intramolecular Hbond substituents is 2. The van der Waals surface area contributed by atoms with Gasteiger partial charge in [-0.15, -0.1) is 0 Å². The zero-order valence-corrected chi connectivity index (χ0v) is 7.68. The van der Waals surface area contributed by atoms with Crippen molar-refractivity contribution in [2.45, 2.75) is 0 Å². The molecule has 0 aliphatic rings. The minimum atomic E-state index is -0.484. The molecular formula is C11H8O4. The first-order valence-electron chi connectivity index (χ1n) is 4.28. The minimum absolute atomic E-state index is 0.223. The maximum absolute atomic E-state index is 11.3. The maximum atomic E-state index is 11.3. The van der Waals surface area contributed by atoms with Gasteiger partial charge in [0, 0.05) is 0 Å². The van der Waals surface area contributed by atoms with Gasteiger partial charge in [0.2, 0.25) is 0 Å². The van der Waals surface area contributed by atoms with E-state index in [1.807, 2.05) is 0 Å². The Balaban J connectivity index is 2.60. The lowest BCUT2D eigenvalue weighted by molar-refractivity contribution is 0.404. The van der Waals surface area contributed by atoms with Crippen LogP contribution in [0.25, 0.3) is 11.1 Å². The van der Waals surface area contributed by atoms with Crippen LogP contribution in [0.2, 0.25) is 0 Å². The van der Waals surface area contributed by atoms with Gasteiger partial charge in [0.1, 0.15) is 0 Å². The van der Waals surface area contributed by atoms with Crippen LogP contribution in [-0.2, 0) is 0 Å². The van der Waals surface area contributed by atoms with Crippen molar-refractivity contribution < 1.29 is 14.6 Å². The van der Waals surface area contributed by atoms with Gasteiger partial charge in [0.25, 0.3) is 0 Å². The molecular weight excluding hydrogens is 196 g/mol. The van der Waals surface area contributed by atoms with Gasteiger partial charge in [-0.2, -0.15) is 0 Å². The molecule has 0 bridgehead atoms. The molecule has 0 aliphatic heterocycles. The molecule has 0 unspecified atom stereocenters. The first-order chi connectivity index (χ1) is 7.18. The summed E-state index contributed by atoms with van der Waals surface area (Å²) in [6, 6.07) is 7.32. The van der Waals surface area contributed by atoms with E-state index in [9.17, 15) is 9.90 Å². The van der Waals surface area contributed by atoms with Crippen LogP contribution < -0.4 is 5.63 Å². The van der Waals surface area contributed by atoms with Crippen molar-refractivity contribution in [1.29, 1.82) is 0 Å². The highest BCUT2D eigenvalue weighted by Crippen LogP contribution is 2.28. The topological polar surface area (TPSA) is 70.7 Å². The summed E-state index contributed by atoms with van der Waals surface area (Å²) < 4.78 is 4.68. The molecule has 0 atom stereocenters. The normalized spacial score (nSPS) is 10.1. The van der Waals surface area contributed by atoms with Gasteiger partial charge in [-0.1, -0.05) is 6.07 Å². The van der Waals surface area contributed by atoms with E-state index >= 15 is 0 Å². The van der Waals surface area contributed by atoms with Crippen LogP contribution in [0.3, 0.4) is 0 Å². The molecule has 2 aromatic rings. The fourth-order valence-corrected chi connectivity index (χ4v) is 1.27. The average molecular weight is 204 g/mol. The van der Waals surface area contributed by atoms with E-state index in [1.54, 1.807) is 12.1 Å². The molecule has 2 rings (SSSR count). The summed E-state index contributed by atoms with van der Waals surface area (Å²) in [5.74, 6) is -0.491. The Hall–Kier alpha value is -2.23. The third kappa shape index (κ3) is 1.69. The molecule has 4 nitrogen and oxygen atoms in total. The van der Waals surface area contributed by atoms with E-state index in [4.69, 9.17) is 5.11 Å². The van der Waals surface area contributed by atoms with Crippen LogP contribution in [0.5, 0.6) is 11.5 Å². The summed E-state index contributed by atoms with van der Waals surface area (Å²) >= 11 is 0. The van der Waals surface area contributed by atoms with Crippen LogP contribution in [0.15, 0.2) is 45.8 Å². The van der Waals surface area contributed by atoms with Gasteiger partial charge in [0.15, 0.2) is 11.5 Å². The van der Waals surface area contributed by atoms with Crippen LogP contribution in [-0.4, -0.2) is 10.2 Å². The summed E-state index contributed by atoms with van der Waals surface area (Å²) in [5, 5.41) is 18.4. The lowest BCUT2D eigenvalue weighted by atomic mass is 10.1. The van der Waals surface area contributed by atoms with Crippen LogP contribution in [0, 0.1) is 0 Å². The molecule has 0 spiro atoms. The van der Waals surface area contributed by atoms with Crippen molar-refractivity contribution in [3.63, 3.8) is 0 Å². The monoisotopic (exact) mass is 204 g/mol. The van der Waals surface area contributed by atoms with E-state index in [0.29, 0.717) is 11.1 Å². The average Bonchev–Trinajstić information content (AvgIpc) is 2.23. The second-order valence-corrected chi connectivity index (χ2v) is 3.02. The van der Waals surface area contributed by atoms with Crippen molar-refractivity contribution >= 4 is 0 Å². The second-order valence-electron chi connectivity index (χ2n) is 3.02. The van der Waals surface area contributed by atoms with Crippen molar-refractivity contribution in [2.24, 2.45) is 0 Å². The highest BCUT2D eigenvalue weighted by atomic mass is 16.4. The fourth-order valence-electron chi connectivity index (χ4n) is 1.27. The summed E-state index contributed by atoms with van der Waals surface area (Å²) in [6.45, 7) is 0. The molecule has 2 N–H and O–H groups in total. The highest BCUT2D eigenvalue weighted by molar-refractivity contribution is 5.65. The number of hydrogen-bond donors (Lipinski definition) is 2. The number of hydrogen-bond acceptors (Lipinski definition) is 4. The van der Waals surface area contributed by atoms with E-state index in [2.05, 4.69) is 4.42 Å². The quantitative estimate of drug-likeness (QED) is 0.694. The Morgan fingerprint density at radius 2 is 1.87 bits per heavy atom. The number of rotatable bonds is 1. The zero-order chi connectivity index (χ0) is 10.8. The van der Waals surface area contributed by atoms with Gasteiger partial charge < -0.3 is 14.6 Å². The van der Waals surface area contributed by atoms with Gasteiger partial charge >= 0.3 is 5.63 Å². The van der Waals surface area contributed by atoms with E-state index < -0.39 is 5.63 Å². The minimum Gasteiger partial charge on any atom is -0.504 e. The highest BCUT2D eigenvalue weighted by Gasteiger charge is 2.06. The lowest BCUT2D eigenvalue weighted by Crippen LogP contribution is -2.00. The van der Waals surface area contributed by atoms with Crippen molar-refractivity contribution in [3.05, 3.63) is 47.0 Å². The van der Waals surface area contributed by atoms with E-state index in [-0.39, 0.29) is 11.5 Å². The first-order valence-corrected chi connectivity index (χ1v) is 4.28. The predicted molar refractivity (Wildman–Crippen MR) is 53.7 cm³/mol. The van der Waals surface area contributed by atoms with Crippen LogP contribution >= 0.6 is 0 Å². The number of benzene rings is 1. The molecule has 1 aromatic heterocycles. The maximum Gasteiger partial charge on any atom is 0.343 e. The molecule has 0 fully saturated rings. The van der Waals surface area contributed by atoms with Crippen LogP contribution in [0.1, 0.15) is 0 Å². The molecule has 15 heavy (non-hydrogen) atoms. The molecule has 76 valence electrons. The number of aromatic hydroxyl groups is 2. The largest absolute Gasteiger partial charge is 0.504 e. The molecule has 4 heteroatoms. The van der Waals surface area contributed by atoms with Crippen molar-refractivity contribution in [3.8, 4) is 22.6 Å². The molecule has 0 radical (unpaired) electrons. The summed E-state index contributed by atoms with van der Waals surface area (Å²) in [5.41, 5.74) is 0.357. The fraction of sp³-hybridized carbons (Fsp3) is 0. The van der Waals surface area contributed by atoms with Gasteiger partial charge in [-0.3, -0.25) is 0 Å². The van der Waals surface area contributed by atoms with E-state index in [1.165, 1.54) is 24.5 Å². The Morgan fingerprint density at radius 1 is 1.07 bits per heavy atom. The molecule has 0 aliphatic carbocycles. The standard InChI is InChI=1S/C11H8O4/c12-9-4-3-7(6-10(9)13)8-2-1-5-15-11(8)14/h1-6,12-13H. The zero-order valence-electron chi connectivity index (χ0n) is 7.68. The predicted octanol–water partition coefficient (Wildman–Crippen LogP) is 1.72. The molecule has 0 amide bonds. The van der Waals surface area contributed by atoms with Crippen molar-refractivity contribution in [1.82, 2.24) is 0 Å². The molecule has 1 aromatic carbocycles. The van der Waals surface area contributed by atoms with Crippen LogP contribution in [0.4, 0.5) is 0 Å². The third-order valence-electron chi connectivity index (χ3n) is 2.02. The Labute approximate surface area is 85.0 Å². The Kier molecular flexibility index (Phi) is 2.17. The Bertz CT molecular complexity index is 542. The summed E-state index contributed by atoms with van der Waals surface area (Å²) in [6.07, 6.45) is 1.28. The molecule has 1 heterocycles. The Morgan fingerprint density at radius 3 is 2.53 bits per heavy atom. The van der Waals surface area contributed by atoms with Gasteiger partial charge in [0.05, 0.1) is 11.8 Å². The smallest absolute Gasteiger partial charge is 0.343 e. The van der Waals surface area contributed by atoms with E-state index in [0.717, 1.165) is 0 Å². The van der Waals surface area contributed by atoms with Crippen molar-refractivity contribution in [2.75, 3.05) is 0 Å². The second kappa shape index (κ2) is 3.49.